The molecular formula is C31H38N4O6. The summed E-state index contributed by atoms with van der Waals surface area (Å²) < 4.78 is 35.8. The zero-order chi connectivity index (χ0) is 29.0. The zero-order valence-electron chi connectivity index (χ0n) is 24.4. The standard InChI is InChI=1S/C31H38N4O6/c1-7-8-38-28-17(3)29-31(41-15-40-29)25-19(28)11-21-26-24-18(9-16(2)27(37-6)30(24)39-14-36-5)10-20(34(26)4)22(12-32)35(21)23(25)13-33/h7,9,20-23,26H,1,8,10-11,13-15,33H2,2-6H3/t20-,21+,22+,23+,26-/m1/s1. The summed E-state index contributed by atoms with van der Waals surface area (Å²) >= 11 is 0. The number of rotatable bonds is 8. The van der Waals surface area contributed by atoms with Crippen LogP contribution in [0.5, 0.6) is 28.7 Å². The normalized spacial score (nSPS) is 25.9. The van der Waals surface area contributed by atoms with Crippen molar-refractivity contribution >= 4 is 0 Å². The molecule has 10 heteroatoms. The van der Waals surface area contributed by atoms with E-state index in [0.717, 1.165) is 33.6 Å². The smallest absolute Gasteiger partial charge is 0.231 e. The summed E-state index contributed by atoms with van der Waals surface area (Å²) in [5, 5.41) is 10.7. The minimum absolute atomic E-state index is 0.0421. The second-order valence-electron chi connectivity index (χ2n) is 11.1. The van der Waals surface area contributed by atoms with Gasteiger partial charge in [-0.15, -0.1) is 0 Å². The van der Waals surface area contributed by atoms with E-state index in [1.165, 1.54) is 5.56 Å². The molecule has 2 aromatic rings. The van der Waals surface area contributed by atoms with Crippen LogP contribution >= 0.6 is 0 Å². The third kappa shape index (κ3) is 3.98. The molecule has 4 heterocycles. The lowest BCUT2D eigenvalue weighted by atomic mass is 9.71. The van der Waals surface area contributed by atoms with Crippen molar-refractivity contribution in [3.8, 4) is 34.8 Å². The van der Waals surface area contributed by atoms with Crippen LogP contribution in [0.2, 0.25) is 0 Å². The van der Waals surface area contributed by atoms with Crippen molar-refractivity contribution < 1.29 is 28.4 Å². The number of hydrogen-bond donors (Lipinski definition) is 1. The highest BCUT2D eigenvalue weighted by molar-refractivity contribution is 5.66. The number of nitrogens with two attached hydrogens (primary N) is 1. The Bertz CT molecular complexity index is 1420. The Labute approximate surface area is 241 Å². The number of benzene rings is 2. The Morgan fingerprint density at radius 1 is 1.10 bits per heavy atom. The van der Waals surface area contributed by atoms with Gasteiger partial charge in [-0.2, -0.15) is 5.26 Å². The second kappa shape index (κ2) is 10.7. The van der Waals surface area contributed by atoms with Crippen molar-refractivity contribution in [1.29, 1.82) is 5.26 Å². The van der Waals surface area contributed by atoms with Crippen molar-refractivity contribution in [3.63, 3.8) is 0 Å². The van der Waals surface area contributed by atoms with Crippen LogP contribution in [-0.4, -0.2) is 75.9 Å². The number of ether oxygens (including phenoxy) is 6. The quantitative estimate of drug-likeness (QED) is 0.380. The molecule has 2 N–H and O–H groups in total. The molecule has 0 aromatic heterocycles. The Kier molecular flexibility index (Phi) is 7.24. The first kappa shape index (κ1) is 27.7. The Balaban J connectivity index is 1.60. The van der Waals surface area contributed by atoms with Crippen LogP contribution in [0, 0.1) is 25.2 Å². The summed E-state index contributed by atoms with van der Waals surface area (Å²) in [4.78, 5) is 4.66. The fourth-order valence-electron chi connectivity index (χ4n) is 7.64. The maximum absolute atomic E-state index is 10.7. The predicted octanol–water partition coefficient (Wildman–Crippen LogP) is 3.32. The highest BCUT2D eigenvalue weighted by Crippen LogP contribution is 2.58. The van der Waals surface area contributed by atoms with Gasteiger partial charge < -0.3 is 34.2 Å². The first-order chi connectivity index (χ1) is 19.9. The minimum atomic E-state index is -0.390. The van der Waals surface area contributed by atoms with E-state index in [9.17, 15) is 5.26 Å². The number of methoxy groups -OCH3 is 2. The van der Waals surface area contributed by atoms with Crippen LogP contribution in [0.15, 0.2) is 18.7 Å². The molecule has 4 aliphatic heterocycles. The van der Waals surface area contributed by atoms with E-state index < -0.39 is 6.04 Å². The molecule has 6 rings (SSSR count). The van der Waals surface area contributed by atoms with Crippen LogP contribution in [0.1, 0.15) is 45.5 Å². The van der Waals surface area contributed by atoms with E-state index in [0.29, 0.717) is 49.0 Å². The first-order valence-corrected chi connectivity index (χ1v) is 14.0. The van der Waals surface area contributed by atoms with E-state index in [1.54, 1.807) is 20.3 Å². The lowest BCUT2D eigenvalue weighted by molar-refractivity contribution is -0.0719. The molecule has 1 saturated heterocycles. The van der Waals surface area contributed by atoms with Crippen molar-refractivity contribution in [1.82, 2.24) is 9.80 Å². The molecule has 0 aliphatic carbocycles. The third-order valence-corrected chi connectivity index (χ3v) is 9.14. The molecule has 10 nitrogen and oxygen atoms in total. The topological polar surface area (TPSA) is 112 Å². The summed E-state index contributed by atoms with van der Waals surface area (Å²) in [6.07, 6.45) is 3.05. The average Bonchev–Trinajstić information content (AvgIpc) is 3.46. The number of piperazine rings is 1. The predicted molar refractivity (Wildman–Crippen MR) is 152 cm³/mol. The van der Waals surface area contributed by atoms with Crippen molar-refractivity contribution in [2.24, 2.45) is 5.73 Å². The molecule has 0 spiro atoms. The summed E-state index contributed by atoms with van der Waals surface area (Å²) in [5.74, 6) is 3.55. The van der Waals surface area contributed by atoms with Gasteiger partial charge in [-0.05, 0) is 44.9 Å². The minimum Gasteiger partial charge on any atom is -0.493 e. The van der Waals surface area contributed by atoms with Crippen LogP contribution in [0.25, 0.3) is 0 Å². The number of hydrogen-bond acceptors (Lipinski definition) is 10. The molecule has 2 bridgehead atoms. The molecule has 1 fully saturated rings. The first-order valence-electron chi connectivity index (χ1n) is 14.0. The summed E-state index contributed by atoms with van der Waals surface area (Å²) in [6, 6.07) is 3.94. The Hall–Kier alpha value is -3.49. The molecule has 0 radical (unpaired) electrons. The number of nitrogens with zero attached hydrogens (tertiary/aromatic N) is 3. The van der Waals surface area contributed by atoms with Crippen LogP contribution in [0.4, 0.5) is 0 Å². The third-order valence-electron chi connectivity index (χ3n) is 9.14. The molecule has 2 aromatic carbocycles. The van der Waals surface area contributed by atoms with E-state index in [-0.39, 0.29) is 37.8 Å². The fourth-order valence-corrected chi connectivity index (χ4v) is 7.64. The summed E-state index contributed by atoms with van der Waals surface area (Å²) in [7, 11) is 5.38. The van der Waals surface area contributed by atoms with Gasteiger partial charge in [-0.1, -0.05) is 18.7 Å². The Morgan fingerprint density at radius 2 is 1.88 bits per heavy atom. The molecule has 0 amide bonds. The molecule has 0 saturated carbocycles. The molecule has 0 unspecified atom stereocenters. The number of nitriles is 1. The van der Waals surface area contributed by atoms with E-state index in [2.05, 4.69) is 35.6 Å². The zero-order valence-corrected chi connectivity index (χ0v) is 24.4. The van der Waals surface area contributed by atoms with Crippen molar-refractivity contribution in [2.45, 2.75) is 56.9 Å². The molecule has 5 atom stereocenters. The maximum Gasteiger partial charge on any atom is 0.231 e. The highest BCUT2D eigenvalue weighted by atomic mass is 16.7. The van der Waals surface area contributed by atoms with E-state index in [1.807, 2.05) is 13.8 Å². The molecule has 41 heavy (non-hydrogen) atoms. The van der Waals surface area contributed by atoms with Gasteiger partial charge in [-0.25, -0.2) is 0 Å². The van der Waals surface area contributed by atoms with Crippen molar-refractivity contribution in [3.05, 3.63) is 52.1 Å². The highest BCUT2D eigenvalue weighted by Gasteiger charge is 2.56. The molecular weight excluding hydrogens is 524 g/mol. The number of aryl methyl sites for hydroxylation is 1. The van der Waals surface area contributed by atoms with Gasteiger partial charge in [0.25, 0.3) is 0 Å². The van der Waals surface area contributed by atoms with E-state index in [4.69, 9.17) is 34.2 Å². The lowest BCUT2D eigenvalue weighted by Gasteiger charge is -2.60. The number of likely N-dealkylation sites (N-methyl/N-ethyl adjacent to an activating group) is 1. The lowest BCUT2D eigenvalue weighted by Crippen LogP contribution is -2.68. The second-order valence-corrected chi connectivity index (χ2v) is 11.1. The largest absolute Gasteiger partial charge is 0.493 e. The Morgan fingerprint density at radius 3 is 2.56 bits per heavy atom. The van der Waals surface area contributed by atoms with Gasteiger partial charge in [0.15, 0.2) is 29.8 Å². The van der Waals surface area contributed by atoms with Crippen LogP contribution in [-0.2, 0) is 17.6 Å². The summed E-state index contributed by atoms with van der Waals surface area (Å²) in [6.45, 7) is 8.77. The van der Waals surface area contributed by atoms with Crippen LogP contribution in [0.3, 0.4) is 0 Å². The fraction of sp³-hybridized carbons (Fsp3) is 0.516. The van der Waals surface area contributed by atoms with Crippen molar-refractivity contribution in [2.75, 3.05) is 48.0 Å². The molecule has 218 valence electrons. The summed E-state index contributed by atoms with van der Waals surface area (Å²) in [5.41, 5.74) is 12.7. The van der Waals surface area contributed by atoms with E-state index >= 15 is 0 Å². The number of fused-ring (bicyclic) bond motifs is 9. The van der Waals surface area contributed by atoms with Gasteiger partial charge in [-0.3, -0.25) is 9.80 Å². The monoisotopic (exact) mass is 562 g/mol. The van der Waals surface area contributed by atoms with Crippen LogP contribution < -0.4 is 29.4 Å². The van der Waals surface area contributed by atoms with Gasteiger partial charge in [0.05, 0.1) is 25.3 Å². The SMILES string of the molecule is C=CCOc1c(C)c2c(c3c1C[C@H]1[C@@H]4c5c(cc(C)c(OC)c5OCOC)C[C@H]([C@H](C#N)N1[C@H]3CN)N4C)OCO2. The van der Waals surface area contributed by atoms with Gasteiger partial charge >= 0.3 is 0 Å². The maximum atomic E-state index is 10.7. The average molecular weight is 563 g/mol. The van der Waals surface area contributed by atoms with Gasteiger partial charge in [0.2, 0.25) is 6.79 Å². The molecule has 4 aliphatic rings. The van der Waals surface area contributed by atoms with Gasteiger partial charge in [0.1, 0.15) is 18.4 Å². The van der Waals surface area contributed by atoms with Gasteiger partial charge in [0, 0.05) is 48.0 Å².